The number of hydrogen-bond acceptors (Lipinski definition) is 5. The molecule has 3 rings (SSSR count). The van der Waals surface area contributed by atoms with Crippen molar-refractivity contribution >= 4 is 5.91 Å². The molecule has 7 heteroatoms. The van der Waals surface area contributed by atoms with Crippen LogP contribution >= 0.6 is 0 Å². The lowest BCUT2D eigenvalue weighted by Crippen LogP contribution is -2.33. The topological polar surface area (TPSA) is 95.0 Å². The van der Waals surface area contributed by atoms with Gasteiger partial charge in [0.2, 0.25) is 11.7 Å². The molecule has 0 radical (unpaired) electrons. The van der Waals surface area contributed by atoms with E-state index >= 15 is 0 Å². The van der Waals surface area contributed by atoms with Crippen molar-refractivity contribution in [1.82, 2.24) is 15.5 Å². The van der Waals surface area contributed by atoms with E-state index < -0.39 is 6.04 Å². The van der Waals surface area contributed by atoms with Crippen molar-refractivity contribution in [2.45, 2.75) is 19.9 Å². The second kappa shape index (κ2) is 7.12. The van der Waals surface area contributed by atoms with Crippen LogP contribution in [0.5, 0.6) is 0 Å². The van der Waals surface area contributed by atoms with Crippen molar-refractivity contribution in [1.29, 1.82) is 0 Å². The van der Waals surface area contributed by atoms with Crippen LogP contribution in [0.2, 0.25) is 0 Å². The number of nitrogens with one attached hydrogen (secondary N) is 1. The first-order valence-corrected chi connectivity index (χ1v) is 7.93. The van der Waals surface area contributed by atoms with E-state index in [4.69, 9.17) is 4.52 Å². The first kappa shape index (κ1) is 16.6. The van der Waals surface area contributed by atoms with E-state index in [1.54, 1.807) is 0 Å². The van der Waals surface area contributed by atoms with E-state index in [0.29, 0.717) is 22.0 Å². The van der Waals surface area contributed by atoms with Gasteiger partial charge in [-0.25, -0.2) is 0 Å². The molecule has 128 valence electrons. The maximum Gasteiger partial charge on any atom is 0.252 e. The predicted molar refractivity (Wildman–Crippen MR) is 90.2 cm³/mol. The number of rotatable bonds is 5. The number of nitrogens with zero attached hydrogens (tertiary/aromatic N) is 3. The highest BCUT2D eigenvalue weighted by Crippen LogP contribution is 2.23. The highest BCUT2D eigenvalue weighted by atomic mass is 16.5. The smallest absolute Gasteiger partial charge is 0.252 e. The lowest BCUT2D eigenvalue weighted by atomic mass is 10.0. The number of carbonyl (C=O) groups excluding carboxylic acids is 1. The van der Waals surface area contributed by atoms with Gasteiger partial charge in [0.25, 0.3) is 5.91 Å². The van der Waals surface area contributed by atoms with Gasteiger partial charge in [0.1, 0.15) is 6.04 Å². The van der Waals surface area contributed by atoms with Gasteiger partial charge in [0.15, 0.2) is 12.4 Å². The van der Waals surface area contributed by atoms with E-state index in [1.165, 1.54) is 24.5 Å². The van der Waals surface area contributed by atoms with Crippen molar-refractivity contribution in [2.75, 3.05) is 0 Å². The number of hydrogen-bond donors (Lipinski definition) is 1. The van der Waals surface area contributed by atoms with Gasteiger partial charge in [-0.05, 0) is 5.92 Å². The van der Waals surface area contributed by atoms with Crippen molar-refractivity contribution in [3.63, 3.8) is 0 Å². The quantitative estimate of drug-likeness (QED) is 0.570. The first-order valence-electron chi connectivity index (χ1n) is 7.93. The average Bonchev–Trinajstić information content (AvgIpc) is 3.10. The fourth-order valence-electron chi connectivity index (χ4n) is 2.37. The summed E-state index contributed by atoms with van der Waals surface area (Å²) in [5.41, 5.74) is 1.23. The number of pyridine rings is 1. The summed E-state index contributed by atoms with van der Waals surface area (Å²) in [6, 6.07) is 12.0. The van der Waals surface area contributed by atoms with Gasteiger partial charge >= 0.3 is 0 Å². The van der Waals surface area contributed by atoms with Crippen LogP contribution < -0.4 is 10.0 Å². The molecule has 25 heavy (non-hydrogen) atoms. The second-order valence-corrected chi connectivity index (χ2v) is 5.96. The summed E-state index contributed by atoms with van der Waals surface area (Å²) >= 11 is 0. The van der Waals surface area contributed by atoms with Crippen LogP contribution in [0, 0.1) is 11.1 Å². The lowest BCUT2D eigenvalue weighted by molar-refractivity contribution is -0.605. The van der Waals surface area contributed by atoms with Crippen LogP contribution in [0.25, 0.3) is 11.4 Å². The summed E-state index contributed by atoms with van der Waals surface area (Å²) in [5, 5.41) is 18.0. The molecule has 0 fully saturated rings. The van der Waals surface area contributed by atoms with E-state index in [1.807, 2.05) is 44.2 Å². The minimum Gasteiger partial charge on any atom is -0.619 e. The third-order valence-corrected chi connectivity index (χ3v) is 3.76. The summed E-state index contributed by atoms with van der Waals surface area (Å²) in [5.74, 6) is 0.555. The summed E-state index contributed by atoms with van der Waals surface area (Å²) < 4.78 is 5.99. The van der Waals surface area contributed by atoms with E-state index in [2.05, 4.69) is 15.5 Å². The van der Waals surface area contributed by atoms with E-state index in [-0.39, 0.29) is 11.8 Å². The van der Waals surface area contributed by atoms with Gasteiger partial charge in [-0.2, -0.15) is 9.71 Å². The molecule has 1 atom stereocenters. The summed E-state index contributed by atoms with van der Waals surface area (Å²) in [4.78, 5) is 16.8. The molecule has 1 amide bonds. The zero-order valence-electron chi connectivity index (χ0n) is 13.9. The van der Waals surface area contributed by atoms with Gasteiger partial charge in [-0.15, -0.1) is 0 Å². The van der Waals surface area contributed by atoms with Gasteiger partial charge in [0, 0.05) is 17.7 Å². The monoisotopic (exact) mass is 338 g/mol. The third kappa shape index (κ3) is 3.82. The van der Waals surface area contributed by atoms with Crippen molar-refractivity contribution in [2.24, 2.45) is 5.92 Å². The SMILES string of the molecule is CC(C)C(NC(=O)c1cc[n+]([O-])cc1)c1nc(-c2ccccc2)no1. The van der Waals surface area contributed by atoms with Crippen LogP contribution in [0.3, 0.4) is 0 Å². The maximum absolute atomic E-state index is 12.4. The Bertz CT molecular complexity index is 844. The zero-order chi connectivity index (χ0) is 17.8. The number of amides is 1. The third-order valence-electron chi connectivity index (χ3n) is 3.76. The lowest BCUT2D eigenvalue weighted by Gasteiger charge is -2.18. The predicted octanol–water partition coefficient (Wildman–Crippen LogP) is 2.50. The van der Waals surface area contributed by atoms with Crippen molar-refractivity contribution < 1.29 is 14.0 Å². The number of carbonyl (C=O) groups is 1. The van der Waals surface area contributed by atoms with Gasteiger partial charge in [-0.1, -0.05) is 49.3 Å². The molecular weight excluding hydrogens is 320 g/mol. The van der Waals surface area contributed by atoms with E-state index in [9.17, 15) is 10.0 Å². The fourth-order valence-corrected chi connectivity index (χ4v) is 2.37. The standard InChI is InChI=1S/C18H18N4O3/c1-12(2)15(19-17(23)14-8-10-22(24)11-9-14)18-20-16(21-25-18)13-6-4-3-5-7-13/h3-12,15H,1-2H3,(H,19,23). The van der Waals surface area contributed by atoms with Gasteiger partial charge in [-0.3, -0.25) is 4.79 Å². The van der Waals surface area contributed by atoms with Crippen molar-refractivity contribution in [3.05, 3.63) is 71.5 Å². The Morgan fingerprint density at radius 1 is 1.16 bits per heavy atom. The molecule has 0 bridgehead atoms. The largest absolute Gasteiger partial charge is 0.619 e. The van der Waals surface area contributed by atoms with Crippen molar-refractivity contribution in [3.8, 4) is 11.4 Å². The Morgan fingerprint density at radius 3 is 2.48 bits per heavy atom. The zero-order valence-corrected chi connectivity index (χ0v) is 13.9. The molecule has 3 aromatic rings. The molecule has 2 aromatic heterocycles. The van der Waals surface area contributed by atoms with Gasteiger partial charge < -0.3 is 15.0 Å². The molecule has 2 heterocycles. The average molecular weight is 338 g/mol. The fraction of sp³-hybridized carbons (Fsp3) is 0.222. The molecule has 0 saturated carbocycles. The maximum atomic E-state index is 12.4. The summed E-state index contributed by atoms with van der Waals surface area (Å²) in [7, 11) is 0. The molecule has 0 saturated heterocycles. The van der Waals surface area contributed by atoms with Crippen LogP contribution in [0.1, 0.15) is 36.1 Å². The Balaban J connectivity index is 1.81. The molecular formula is C18H18N4O3. The molecule has 1 aromatic carbocycles. The molecule has 0 spiro atoms. The minimum atomic E-state index is -0.433. The highest BCUT2D eigenvalue weighted by molar-refractivity contribution is 5.94. The molecule has 0 aliphatic carbocycles. The van der Waals surface area contributed by atoms with Crippen LogP contribution in [0.15, 0.2) is 59.4 Å². The first-order chi connectivity index (χ1) is 12.0. The highest BCUT2D eigenvalue weighted by Gasteiger charge is 2.25. The molecule has 7 nitrogen and oxygen atoms in total. The molecule has 0 aliphatic heterocycles. The van der Waals surface area contributed by atoms with Crippen LogP contribution in [0.4, 0.5) is 0 Å². The molecule has 0 aliphatic rings. The second-order valence-electron chi connectivity index (χ2n) is 5.96. The van der Waals surface area contributed by atoms with Crippen LogP contribution in [-0.4, -0.2) is 16.0 Å². The Labute approximate surface area is 144 Å². The Morgan fingerprint density at radius 2 is 1.84 bits per heavy atom. The summed E-state index contributed by atoms with van der Waals surface area (Å²) in [6.45, 7) is 3.90. The molecule has 1 N–H and O–H groups in total. The molecule has 1 unspecified atom stereocenters. The van der Waals surface area contributed by atoms with Crippen LogP contribution in [-0.2, 0) is 0 Å². The van der Waals surface area contributed by atoms with Gasteiger partial charge in [0.05, 0.1) is 5.56 Å². The normalized spacial score (nSPS) is 12.1. The Hall–Kier alpha value is -3.22. The van der Waals surface area contributed by atoms with E-state index in [0.717, 1.165) is 5.56 Å². The Kier molecular flexibility index (Phi) is 4.74. The minimum absolute atomic E-state index is 0.0428. The summed E-state index contributed by atoms with van der Waals surface area (Å²) in [6.07, 6.45) is 2.55. The number of aromatic nitrogens is 3. The number of benzene rings is 1.